The lowest BCUT2D eigenvalue weighted by atomic mass is 10.4. The lowest BCUT2D eigenvalue weighted by molar-refractivity contribution is 1.07. The van der Waals surface area contributed by atoms with Crippen molar-refractivity contribution in [2.75, 3.05) is 10.7 Å². The summed E-state index contributed by atoms with van der Waals surface area (Å²) in [5.74, 6) is 6.38. The summed E-state index contributed by atoms with van der Waals surface area (Å²) in [6.45, 7) is 0.666. The van der Waals surface area contributed by atoms with Crippen LogP contribution in [0.2, 0.25) is 0 Å². The number of hydrogen-bond donors (Lipinski definition) is 4. The molecule has 19 heavy (non-hydrogen) atoms. The molecule has 3 heterocycles. The first-order valence-corrected chi connectivity index (χ1v) is 7.08. The second kappa shape index (κ2) is 5.11. The van der Waals surface area contributed by atoms with Crippen molar-refractivity contribution in [1.82, 2.24) is 20.2 Å². The molecule has 9 heteroatoms. The molecule has 0 aliphatic rings. The van der Waals surface area contributed by atoms with Gasteiger partial charge in [-0.1, -0.05) is 0 Å². The molecule has 0 saturated carbocycles. The summed E-state index contributed by atoms with van der Waals surface area (Å²) in [7, 11) is 0. The van der Waals surface area contributed by atoms with Crippen molar-refractivity contribution < 1.29 is 0 Å². The van der Waals surface area contributed by atoms with Gasteiger partial charge in [-0.25, -0.2) is 5.84 Å². The molecule has 0 fully saturated rings. The summed E-state index contributed by atoms with van der Waals surface area (Å²) in [4.78, 5) is 9.65. The minimum absolute atomic E-state index is 0.337. The number of hydrazine groups is 1. The molecular weight excluding hydrogens is 330 g/mol. The van der Waals surface area contributed by atoms with Gasteiger partial charge in [0.05, 0.1) is 18.1 Å². The Bertz CT molecular complexity index is 707. The van der Waals surface area contributed by atoms with Crippen LogP contribution in [0.4, 0.5) is 11.8 Å². The van der Waals surface area contributed by atoms with E-state index in [9.17, 15) is 0 Å². The van der Waals surface area contributed by atoms with Gasteiger partial charge in [0.15, 0.2) is 5.65 Å². The van der Waals surface area contributed by atoms with Gasteiger partial charge >= 0.3 is 0 Å². The zero-order valence-corrected chi connectivity index (χ0v) is 12.0. The number of hydrogen-bond acceptors (Lipinski definition) is 7. The molecule has 0 aliphatic carbocycles. The lowest BCUT2D eigenvalue weighted by Crippen LogP contribution is -2.12. The summed E-state index contributed by atoms with van der Waals surface area (Å²) in [6.07, 6.45) is 1.68. The molecule has 0 spiro atoms. The number of aromatic nitrogens is 4. The van der Waals surface area contributed by atoms with Crippen LogP contribution in [0.1, 0.15) is 4.88 Å². The normalized spacial score (nSPS) is 10.8. The van der Waals surface area contributed by atoms with Crippen molar-refractivity contribution in [3.8, 4) is 0 Å². The highest BCUT2D eigenvalue weighted by atomic mass is 79.9. The van der Waals surface area contributed by atoms with Crippen molar-refractivity contribution in [1.29, 1.82) is 0 Å². The van der Waals surface area contributed by atoms with Crippen LogP contribution in [0.25, 0.3) is 11.0 Å². The molecule has 0 aliphatic heterocycles. The van der Waals surface area contributed by atoms with Crippen molar-refractivity contribution >= 4 is 50.1 Å². The van der Waals surface area contributed by atoms with Gasteiger partial charge in [-0.3, -0.25) is 10.5 Å². The maximum absolute atomic E-state index is 5.35. The average molecular weight is 340 g/mol. The first-order valence-electron chi connectivity index (χ1n) is 5.41. The van der Waals surface area contributed by atoms with Crippen LogP contribution in [0.3, 0.4) is 0 Å². The Morgan fingerprint density at radius 2 is 2.32 bits per heavy atom. The largest absolute Gasteiger partial charge is 0.364 e. The van der Waals surface area contributed by atoms with Crippen molar-refractivity contribution in [3.63, 3.8) is 0 Å². The van der Waals surface area contributed by atoms with E-state index in [1.54, 1.807) is 17.5 Å². The van der Waals surface area contributed by atoms with Crippen LogP contribution < -0.4 is 16.6 Å². The predicted octanol–water partition coefficient (Wildman–Crippen LogP) is 2.07. The minimum atomic E-state index is 0.337. The Labute approximate surface area is 120 Å². The van der Waals surface area contributed by atoms with E-state index >= 15 is 0 Å². The molecule has 3 aromatic rings. The van der Waals surface area contributed by atoms with Gasteiger partial charge in [-0.2, -0.15) is 15.1 Å². The SMILES string of the molecule is NNc1nc(NCc2sccc2Br)c2cn[nH]c2n1. The van der Waals surface area contributed by atoms with E-state index in [4.69, 9.17) is 5.84 Å². The van der Waals surface area contributed by atoms with Crippen LogP contribution in [0, 0.1) is 0 Å². The van der Waals surface area contributed by atoms with Crippen LogP contribution >= 0.6 is 27.3 Å². The Morgan fingerprint density at radius 3 is 3.05 bits per heavy atom. The lowest BCUT2D eigenvalue weighted by Gasteiger charge is -2.07. The quantitative estimate of drug-likeness (QED) is 0.428. The van der Waals surface area contributed by atoms with E-state index in [0.29, 0.717) is 24.0 Å². The molecule has 3 rings (SSSR count). The summed E-state index contributed by atoms with van der Waals surface area (Å²) < 4.78 is 1.08. The number of rotatable bonds is 4. The van der Waals surface area contributed by atoms with Gasteiger partial charge in [0.1, 0.15) is 5.82 Å². The third kappa shape index (κ3) is 2.39. The van der Waals surface area contributed by atoms with E-state index < -0.39 is 0 Å². The van der Waals surface area contributed by atoms with Gasteiger partial charge in [0.2, 0.25) is 5.95 Å². The van der Waals surface area contributed by atoms with Crippen LogP contribution in [-0.2, 0) is 6.54 Å². The van der Waals surface area contributed by atoms with Gasteiger partial charge in [0.25, 0.3) is 0 Å². The smallest absolute Gasteiger partial charge is 0.241 e. The van der Waals surface area contributed by atoms with Gasteiger partial charge in [-0.15, -0.1) is 11.3 Å². The third-order valence-corrected chi connectivity index (χ3v) is 4.47. The number of nitrogen functional groups attached to an aromatic ring is 1. The van der Waals surface area contributed by atoms with E-state index in [2.05, 4.69) is 46.8 Å². The summed E-state index contributed by atoms with van der Waals surface area (Å²) in [6, 6.07) is 2.02. The number of fused-ring (bicyclic) bond motifs is 1. The molecule has 0 saturated heterocycles. The molecule has 3 aromatic heterocycles. The Hall–Kier alpha value is -1.71. The number of aromatic amines is 1. The van der Waals surface area contributed by atoms with E-state index in [1.807, 2.05) is 11.4 Å². The minimum Gasteiger partial charge on any atom is -0.364 e. The summed E-state index contributed by atoms with van der Waals surface area (Å²) in [5, 5.41) is 12.9. The number of H-pyrrole nitrogens is 1. The molecular formula is C10H10BrN7S. The Morgan fingerprint density at radius 1 is 1.42 bits per heavy atom. The summed E-state index contributed by atoms with van der Waals surface area (Å²) in [5.41, 5.74) is 3.07. The van der Waals surface area contributed by atoms with Crippen molar-refractivity contribution in [2.24, 2.45) is 5.84 Å². The predicted molar refractivity (Wildman–Crippen MR) is 78.8 cm³/mol. The second-order valence-corrected chi connectivity index (χ2v) is 5.57. The molecule has 5 N–H and O–H groups in total. The van der Waals surface area contributed by atoms with Gasteiger partial charge in [0, 0.05) is 9.35 Å². The number of nitrogens with one attached hydrogen (secondary N) is 3. The fourth-order valence-corrected chi connectivity index (χ4v) is 3.08. The number of nitrogens with zero attached hydrogens (tertiary/aromatic N) is 3. The van der Waals surface area contributed by atoms with Crippen molar-refractivity contribution in [3.05, 3.63) is 27.0 Å². The molecule has 0 amide bonds. The Balaban J connectivity index is 1.91. The van der Waals surface area contributed by atoms with E-state index in [-0.39, 0.29) is 0 Å². The zero-order valence-electron chi connectivity index (χ0n) is 9.64. The maximum Gasteiger partial charge on any atom is 0.241 e. The standard InChI is InChI=1S/C10H10BrN7S/c11-6-1-2-19-7(6)4-13-8-5-3-14-18-9(5)16-10(15-8)17-12/h1-3H,4,12H2,(H3,13,14,15,16,17,18). The van der Waals surface area contributed by atoms with E-state index in [0.717, 1.165) is 9.86 Å². The third-order valence-electron chi connectivity index (χ3n) is 2.55. The molecule has 0 bridgehead atoms. The highest BCUT2D eigenvalue weighted by Gasteiger charge is 2.09. The highest BCUT2D eigenvalue weighted by Crippen LogP contribution is 2.25. The first kappa shape index (κ1) is 12.3. The Kier molecular flexibility index (Phi) is 3.32. The molecule has 0 atom stereocenters. The van der Waals surface area contributed by atoms with Crippen molar-refractivity contribution in [2.45, 2.75) is 6.54 Å². The fourth-order valence-electron chi connectivity index (χ4n) is 1.65. The second-order valence-electron chi connectivity index (χ2n) is 3.72. The van der Waals surface area contributed by atoms with Gasteiger partial charge < -0.3 is 5.32 Å². The highest BCUT2D eigenvalue weighted by molar-refractivity contribution is 9.10. The van der Waals surface area contributed by atoms with Crippen LogP contribution in [0.15, 0.2) is 22.1 Å². The number of halogens is 1. The van der Waals surface area contributed by atoms with Crippen LogP contribution in [0.5, 0.6) is 0 Å². The topological polar surface area (TPSA) is 105 Å². The first-order chi connectivity index (χ1) is 9.28. The number of thiophene rings is 1. The molecule has 0 unspecified atom stereocenters. The van der Waals surface area contributed by atoms with Gasteiger partial charge in [-0.05, 0) is 27.4 Å². The molecule has 0 aromatic carbocycles. The zero-order chi connectivity index (χ0) is 13.2. The molecule has 98 valence electrons. The molecule has 7 nitrogen and oxygen atoms in total. The monoisotopic (exact) mass is 339 g/mol. The van der Waals surface area contributed by atoms with E-state index in [1.165, 1.54) is 4.88 Å². The average Bonchev–Trinajstić information content (AvgIpc) is 3.04. The number of anilines is 2. The fraction of sp³-hybridized carbons (Fsp3) is 0.100. The maximum atomic E-state index is 5.35. The van der Waals surface area contributed by atoms with Crippen LogP contribution in [-0.4, -0.2) is 20.2 Å². The summed E-state index contributed by atoms with van der Waals surface area (Å²) >= 11 is 5.17. The number of nitrogens with two attached hydrogens (primary N) is 1. The molecule has 0 radical (unpaired) electrons.